The number of urea groups is 1. The van der Waals surface area contributed by atoms with Crippen LogP contribution in [0.4, 0.5) is 10.5 Å². The molecule has 7 nitrogen and oxygen atoms in total. The van der Waals surface area contributed by atoms with E-state index in [1.54, 1.807) is 0 Å². The summed E-state index contributed by atoms with van der Waals surface area (Å²) in [5.74, 6) is -1.16. The van der Waals surface area contributed by atoms with Crippen LogP contribution in [0.25, 0.3) is 0 Å². The zero-order chi connectivity index (χ0) is 16.0. The maximum atomic E-state index is 11.5. The smallest absolute Gasteiger partial charge is 0.337 e. The van der Waals surface area contributed by atoms with Gasteiger partial charge in [0.05, 0.1) is 16.3 Å². The summed E-state index contributed by atoms with van der Waals surface area (Å²) in [7, 11) is -3.04. The highest BCUT2D eigenvalue weighted by Gasteiger charge is 2.10. The summed E-state index contributed by atoms with van der Waals surface area (Å²) in [5, 5.41) is 13.8. The van der Waals surface area contributed by atoms with E-state index in [1.165, 1.54) is 18.2 Å². The summed E-state index contributed by atoms with van der Waals surface area (Å²) < 4.78 is 21.8. The minimum Gasteiger partial charge on any atom is -0.478 e. The van der Waals surface area contributed by atoms with Crippen molar-refractivity contribution in [2.75, 3.05) is 23.9 Å². The van der Waals surface area contributed by atoms with Crippen molar-refractivity contribution in [1.82, 2.24) is 5.32 Å². The Labute approximate surface area is 127 Å². The van der Waals surface area contributed by atoms with E-state index >= 15 is 0 Å². The van der Waals surface area contributed by atoms with Crippen molar-refractivity contribution in [3.63, 3.8) is 0 Å². The van der Waals surface area contributed by atoms with E-state index in [-0.39, 0.29) is 22.9 Å². The number of halogens is 1. The Kier molecular flexibility index (Phi) is 5.98. The van der Waals surface area contributed by atoms with Gasteiger partial charge in [0.15, 0.2) is 0 Å². The molecule has 116 valence electrons. The van der Waals surface area contributed by atoms with Gasteiger partial charge in [-0.2, -0.15) is 0 Å². The van der Waals surface area contributed by atoms with Crippen LogP contribution < -0.4 is 10.6 Å². The van der Waals surface area contributed by atoms with Crippen LogP contribution in [0.3, 0.4) is 0 Å². The molecule has 0 aromatic heterocycles. The molecule has 1 rings (SSSR count). The highest BCUT2D eigenvalue weighted by atomic mass is 35.5. The minimum atomic E-state index is -3.04. The summed E-state index contributed by atoms with van der Waals surface area (Å²) in [6, 6.07) is 3.49. The Bertz CT molecular complexity index is 645. The molecule has 0 radical (unpaired) electrons. The molecule has 0 spiro atoms. The standard InChI is InChI=1S/C12H15ClN2O5S/c1-21(19,20)6-2-5-14-12(18)15-8-3-4-9(11(16)17)10(13)7-8/h3-4,7H,2,5-6H2,1H3,(H,16,17)(H2,14,15,18). The second-order valence-electron chi connectivity index (χ2n) is 4.36. The Hall–Kier alpha value is -1.80. The fourth-order valence-electron chi connectivity index (χ4n) is 1.48. The molecule has 0 aliphatic carbocycles. The van der Waals surface area contributed by atoms with Crippen molar-refractivity contribution in [2.24, 2.45) is 0 Å². The number of hydrogen-bond donors (Lipinski definition) is 3. The molecule has 0 heterocycles. The molecule has 0 fully saturated rings. The van der Waals surface area contributed by atoms with Gasteiger partial charge in [-0.3, -0.25) is 0 Å². The number of benzene rings is 1. The molecular weight excluding hydrogens is 320 g/mol. The third kappa shape index (κ3) is 6.46. The zero-order valence-corrected chi connectivity index (χ0v) is 12.8. The van der Waals surface area contributed by atoms with Gasteiger partial charge >= 0.3 is 12.0 Å². The van der Waals surface area contributed by atoms with Crippen LogP contribution in [0.2, 0.25) is 5.02 Å². The third-order valence-electron chi connectivity index (χ3n) is 2.43. The fraction of sp³-hybridized carbons (Fsp3) is 0.333. The van der Waals surface area contributed by atoms with Gasteiger partial charge in [-0.25, -0.2) is 18.0 Å². The number of aromatic carboxylic acids is 1. The van der Waals surface area contributed by atoms with Crippen LogP contribution in [-0.4, -0.2) is 44.1 Å². The first kappa shape index (κ1) is 17.3. The van der Waals surface area contributed by atoms with Crippen LogP contribution in [0, 0.1) is 0 Å². The van der Waals surface area contributed by atoms with Crippen LogP contribution in [0.5, 0.6) is 0 Å². The molecule has 0 saturated heterocycles. The quantitative estimate of drug-likeness (QED) is 0.684. The molecule has 0 aliphatic heterocycles. The van der Waals surface area contributed by atoms with Gasteiger partial charge in [-0.05, 0) is 24.6 Å². The lowest BCUT2D eigenvalue weighted by molar-refractivity contribution is 0.0697. The van der Waals surface area contributed by atoms with Gasteiger partial charge in [0.1, 0.15) is 9.84 Å². The fourth-order valence-corrected chi connectivity index (χ4v) is 2.41. The molecule has 1 aromatic carbocycles. The van der Waals surface area contributed by atoms with Gasteiger partial charge in [0.25, 0.3) is 0 Å². The molecule has 0 aliphatic rings. The van der Waals surface area contributed by atoms with Crippen molar-refractivity contribution < 1.29 is 23.1 Å². The number of carbonyl (C=O) groups excluding carboxylic acids is 1. The van der Waals surface area contributed by atoms with E-state index < -0.39 is 21.8 Å². The summed E-state index contributed by atoms with van der Waals surface area (Å²) in [6.45, 7) is 0.208. The molecule has 21 heavy (non-hydrogen) atoms. The zero-order valence-electron chi connectivity index (χ0n) is 11.2. The predicted molar refractivity (Wildman–Crippen MR) is 79.8 cm³/mol. The molecule has 2 amide bonds. The van der Waals surface area contributed by atoms with Crippen LogP contribution in [-0.2, 0) is 9.84 Å². The van der Waals surface area contributed by atoms with E-state index in [0.29, 0.717) is 12.1 Å². The first-order valence-corrected chi connectivity index (χ1v) is 8.38. The molecule has 0 unspecified atom stereocenters. The van der Waals surface area contributed by atoms with Crippen molar-refractivity contribution in [3.05, 3.63) is 28.8 Å². The number of hydrogen-bond acceptors (Lipinski definition) is 4. The molecular formula is C12H15ClN2O5S. The SMILES string of the molecule is CS(=O)(=O)CCCNC(=O)Nc1ccc(C(=O)O)c(Cl)c1. The average molecular weight is 335 g/mol. The molecule has 0 bridgehead atoms. The minimum absolute atomic E-state index is 0.00752. The lowest BCUT2D eigenvalue weighted by atomic mass is 10.2. The van der Waals surface area contributed by atoms with E-state index in [0.717, 1.165) is 6.26 Å². The topological polar surface area (TPSA) is 113 Å². The van der Waals surface area contributed by atoms with E-state index in [1.807, 2.05) is 0 Å². The van der Waals surface area contributed by atoms with Gasteiger partial charge < -0.3 is 15.7 Å². The van der Waals surface area contributed by atoms with Crippen molar-refractivity contribution in [3.8, 4) is 0 Å². The Morgan fingerprint density at radius 2 is 2.00 bits per heavy atom. The molecule has 9 heteroatoms. The number of carboxylic acid groups (broad SMARTS) is 1. The Morgan fingerprint density at radius 3 is 2.52 bits per heavy atom. The third-order valence-corrected chi connectivity index (χ3v) is 3.78. The first-order valence-electron chi connectivity index (χ1n) is 5.94. The summed E-state index contributed by atoms with van der Waals surface area (Å²) in [4.78, 5) is 22.3. The van der Waals surface area contributed by atoms with Gasteiger partial charge in [0.2, 0.25) is 0 Å². The number of amides is 2. The van der Waals surface area contributed by atoms with Crippen LogP contribution in [0.15, 0.2) is 18.2 Å². The average Bonchev–Trinajstić information content (AvgIpc) is 2.33. The van der Waals surface area contributed by atoms with Gasteiger partial charge in [-0.1, -0.05) is 11.6 Å². The normalized spacial score (nSPS) is 11.0. The first-order chi connectivity index (χ1) is 9.69. The van der Waals surface area contributed by atoms with Crippen LogP contribution in [0.1, 0.15) is 16.8 Å². The largest absolute Gasteiger partial charge is 0.478 e. The van der Waals surface area contributed by atoms with Crippen molar-refractivity contribution >= 4 is 39.1 Å². The number of sulfone groups is 1. The summed E-state index contributed by atoms with van der Waals surface area (Å²) in [6.07, 6.45) is 1.43. The molecule has 3 N–H and O–H groups in total. The number of nitrogens with one attached hydrogen (secondary N) is 2. The van der Waals surface area contributed by atoms with Gasteiger partial charge in [-0.15, -0.1) is 0 Å². The monoisotopic (exact) mass is 334 g/mol. The summed E-state index contributed by atoms with van der Waals surface area (Å²) in [5.41, 5.74) is 0.279. The lowest BCUT2D eigenvalue weighted by Crippen LogP contribution is -2.30. The maximum absolute atomic E-state index is 11.5. The molecule has 0 atom stereocenters. The highest BCUT2D eigenvalue weighted by molar-refractivity contribution is 7.90. The van der Waals surface area contributed by atoms with E-state index in [2.05, 4.69) is 10.6 Å². The Morgan fingerprint density at radius 1 is 1.33 bits per heavy atom. The number of carboxylic acids is 1. The number of carbonyl (C=O) groups is 2. The second kappa shape index (κ2) is 7.28. The summed E-state index contributed by atoms with van der Waals surface area (Å²) >= 11 is 5.77. The highest BCUT2D eigenvalue weighted by Crippen LogP contribution is 2.20. The van der Waals surface area contributed by atoms with E-state index in [4.69, 9.17) is 16.7 Å². The molecule has 0 saturated carbocycles. The van der Waals surface area contributed by atoms with E-state index in [9.17, 15) is 18.0 Å². The Balaban J connectivity index is 2.48. The number of anilines is 1. The predicted octanol–water partition coefficient (Wildman–Crippen LogP) is 1.59. The number of rotatable bonds is 6. The van der Waals surface area contributed by atoms with Crippen molar-refractivity contribution in [1.29, 1.82) is 0 Å². The van der Waals surface area contributed by atoms with Crippen molar-refractivity contribution in [2.45, 2.75) is 6.42 Å². The molecule has 1 aromatic rings. The van der Waals surface area contributed by atoms with Crippen LogP contribution >= 0.6 is 11.6 Å². The maximum Gasteiger partial charge on any atom is 0.337 e. The second-order valence-corrected chi connectivity index (χ2v) is 7.03. The lowest BCUT2D eigenvalue weighted by Gasteiger charge is -2.08. The van der Waals surface area contributed by atoms with Gasteiger partial charge in [0, 0.05) is 18.5 Å².